The highest BCUT2D eigenvalue weighted by atomic mass is 35.5. The Morgan fingerprint density at radius 1 is 1.50 bits per heavy atom. The van der Waals surface area contributed by atoms with E-state index in [9.17, 15) is 4.79 Å². The van der Waals surface area contributed by atoms with Crippen LogP contribution in [-0.2, 0) is 4.74 Å². The summed E-state index contributed by atoms with van der Waals surface area (Å²) in [5.74, 6) is -0.0634. The number of carbonyl (C=O) groups excluding carboxylic acids is 1. The molecule has 5 nitrogen and oxygen atoms in total. The summed E-state index contributed by atoms with van der Waals surface area (Å²) in [6.07, 6.45) is 1.50. The van der Waals surface area contributed by atoms with Crippen molar-refractivity contribution in [3.8, 4) is 11.5 Å². The average Bonchev–Trinajstić information content (AvgIpc) is 2.80. The lowest BCUT2D eigenvalue weighted by Gasteiger charge is -2.01. The van der Waals surface area contributed by atoms with Crippen molar-refractivity contribution in [1.82, 2.24) is 9.97 Å². The molecular weight excluding hydrogens is 232 g/mol. The van der Waals surface area contributed by atoms with E-state index in [4.69, 9.17) is 16.0 Å². The van der Waals surface area contributed by atoms with E-state index in [1.165, 1.54) is 19.4 Å². The van der Waals surface area contributed by atoms with Gasteiger partial charge in [0.2, 0.25) is 5.28 Å². The molecule has 0 saturated heterocycles. The minimum atomic E-state index is -0.572. The van der Waals surface area contributed by atoms with Crippen LogP contribution >= 0.6 is 11.6 Å². The van der Waals surface area contributed by atoms with Gasteiger partial charge in [0.05, 0.1) is 13.4 Å². The maximum absolute atomic E-state index is 11.3. The quantitative estimate of drug-likeness (QED) is 0.593. The van der Waals surface area contributed by atoms with Crippen molar-refractivity contribution in [2.45, 2.75) is 0 Å². The van der Waals surface area contributed by atoms with Gasteiger partial charge in [0, 0.05) is 6.07 Å². The fourth-order valence-corrected chi connectivity index (χ4v) is 1.36. The molecule has 6 heteroatoms. The number of aromatic nitrogens is 2. The number of furan rings is 1. The molecule has 0 amide bonds. The molecule has 0 saturated carbocycles. The highest BCUT2D eigenvalue weighted by Gasteiger charge is 2.13. The van der Waals surface area contributed by atoms with Crippen LogP contribution in [0.25, 0.3) is 11.5 Å². The number of nitrogens with zero attached hydrogens (tertiary/aromatic N) is 2. The fraction of sp³-hybridized carbons (Fsp3) is 0.100. The summed E-state index contributed by atoms with van der Waals surface area (Å²) in [7, 11) is 1.27. The van der Waals surface area contributed by atoms with Crippen LogP contribution in [0.4, 0.5) is 0 Å². The van der Waals surface area contributed by atoms with Crippen LogP contribution in [0.15, 0.2) is 28.9 Å². The Bertz CT molecular complexity index is 511. The van der Waals surface area contributed by atoms with E-state index in [0.717, 1.165) is 0 Å². The van der Waals surface area contributed by atoms with E-state index in [0.29, 0.717) is 11.5 Å². The van der Waals surface area contributed by atoms with Gasteiger partial charge >= 0.3 is 5.97 Å². The summed E-state index contributed by atoms with van der Waals surface area (Å²) in [6.45, 7) is 0. The van der Waals surface area contributed by atoms with Gasteiger partial charge in [-0.25, -0.2) is 14.8 Å². The molecule has 0 unspecified atom stereocenters. The molecule has 2 rings (SSSR count). The highest BCUT2D eigenvalue weighted by molar-refractivity contribution is 6.28. The lowest BCUT2D eigenvalue weighted by molar-refractivity contribution is 0.0594. The Morgan fingerprint density at radius 2 is 2.31 bits per heavy atom. The normalized spacial score (nSPS) is 10.1. The van der Waals surface area contributed by atoms with E-state index in [1.807, 2.05) is 0 Å². The fourth-order valence-electron chi connectivity index (χ4n) is 1.18. The number of hydrogen-bond acceptors (Lipinski definition) is 5. The van der Waals surface area contributed by atoms with E-state index < -0.39 is 5.97 Å². The maximum atomic E-state index is 11.3. The molecule has 0 bridgehead atoms. The van der Waals surface area contributed by atoms with Crippen LogP contribution in [0.3, 0.4) is 0 Å². The van der Waals surface area contributed by atoms with Crippen LogP contribution < -0.4 is 0 Å². The zero-order valence-electron chi connectivity index (χ0n) is 8.31. The van der Waals surface area contributed by atoms with Crippen molar-refractivity contribution in [2.75, 3.05) is 7.11 Å². The van der Waals surface area contributed by atoms with Crippen LogP contribution in [0.1, 0.15) is 10.5 Å². The summed E-state index contributed by atoms with van der Waals surface area (Å²) in [6, 6.07) is 4.87. The van der Waals surface area contributed by atoms with Crippen molar-refractivity contribution in [2.24, 2.45) is 0 Å². The van der Waals surface area contributed by atoms with Gasteiger partial charge in [-0.2, -0.15) is 0 Å². The van der Waals surface area contributed by atoms with Crippen LogP contribution in [0.5, 0.6) is 0 Å². The Labute approximate surface area is 96.0 Å². The van der Waals surface area contributed by atoms with Gasteiger partial charge in [-0.1, -0.05) is 0 Å². The van der Waals surface area contributed by atoms with Crippen molar-refractivity contribution < 1.29 is 13.9 Å². The van der Waals surface area contributed by atoms with Gasteiger partial charge in [0.25, 0.3) is 0 Å². The molecule has 0 N–H and O–H groups in total. The Hall–Kier alpha value is -1.88. The van der Waals surface area contributed by atoms with Crippen molar-refractivity contribution in [3.63, 3.8) is 0 Å². The Balaban J connectivity index is 2.48. The predicted molar refractivity (Wildman–Crippen MR) is 56.1 cm³/mol. The number of hydrogen-bond donors (Lipinski definition) is 0. The lowest BCUT2D eigenvalue weighted by atomic mass is 10.3. The summed E-state index contributed by atoms with van der Waals surface area (Å²) >= 11 is 5.70. The standard InChI is InChI=1S/C10H7ClN2O3/c1-15-9(14)7-5-6(12-10(11)13-7)8-3-2-4-16-8/h2-5H,1H3. The third-order valence-electron chi connectivity index (χ3n) is 1.87. The molecule has 16 heavy (non-hydrogen) atoms. The first-order valence-corrected chi connectivity index (χ1v) is 4.75. The van der Waals surface area contributed by atoms with Crippen LogP contribution in [0, 0.1) is 0 Å². The third kappa shape index (κ3) is 2.04. The highest BCUT2D eigenvalue weighted by Crippen LogP contribution is 2.19. The minimum Gasteiger partial charge on any atom is -0.464 e. The summed E-state index contributed by atoms with van der Waals surface area (Å²) in [5, 5.41) is -0.0331. The van der Waals surface area contributed by atoms with E-state index in [1.54, 1.807) is 12.1 Å². The number of halogens is 1. The molecule has 82 valence electrons. The van der Waals surface area contributed by atoms with Gasteiger partial charge in [0.15, 0.2) is 11.5 Å². The molecule has 0 aromatic carbocycles. The minimum absolute atomic E-state index is 0.0331. The summed E-state index contributed by atoms with van der Waals surface area (Å²) in [5.41, 5.74) is 0.527. The van der Waals surface area contributed by atoms with Gasteiger partial charge in [-0.05, 0) is 23.7 Å². The first-order valence-electron chi connectivity index (χ1n) is 4.37. The number of esters is 1. The second kappa shape index (κ2) is 4.32. The third-order valence-corrected chi connectivity index (χ3v) is 2.04. The van der Waals surface area contributed by atoms with Gasteiger partial charge in [0.1, 0.15) is 5.69 Å². The first kappa shape index (κ1) is 10.6. The molecule has 2 aromatic heterocycles. The number of carbonyl (C=O) groups is 1. The maximum Gasteiger partial charge on any atom is 0.356 e. The zero-order valence-corrected chi connectivity index (χ0v) is 9.06. The molecule has 0 aliphatic rings. The zero-order chi connectivity index (χ0) is 11.5. The number of methoxy groups -OCH3 is 1. The predicted octanol–water partition coefficient (Wildman–Crippen LogP) is 2.18. The molecule has 0 spiro atoms. The van der Waals surface area contributed by atoms with E-state index in [2.05, 4.69) is 14.7 Å². The van der Waals surface area contributed by atoms with Gasteiger partial charge in [-0.3, -0.25) is 0 Å². The first-order chi connectivity index (χ1) is 7.70. The Morgan fingerprint density at radius 3 is 2.94 bits per heavy atom. The van der Waals surface area contributed by atoms with Crippen molar-refractivity contribution in [1.29, 1.82) is 0 Å². The van der Waals surface area contributed by atoms with Crippen LogP contribution in [0.2, 0.25) is 5.28 Å². The largest absolute Gasteiger partial charge is 0.464 e. The molecule has 0 aliphatic carbocycles. The molecule has 0 atom stereocenters. The number of rotatable bonds is 2. The monoisotopic (exact) mass is 238 g/mol. The summed E-state index contributed by atoms with van der Waals surface area (Å²) < 4.78 is 9.69. The molecule has 2 aromatic rings. The molecular formula is C10H7ClN2O3. The Kier molecular flexibility index (Phi) is 2.87. The van der Waals surface area contributed by atoms with Crippen molar-refractivity contribution in [3.05, 3.63) is 35.4 Å². The SMILES string of the molecule is COC(=O)c1cc(-c2ccco2)nc(Cl)n1. The number of ether oxygens (including phenoxy) is 1. The average molecular weight is 239 g/mol. The molecule has 2 heterocycles. The molecule has 0 aliphatic heterocycles. The lowest BCUT2D eigenvalue weighted by Crippen LogP contribution is -2.05. The van der Waals surface area contributed by atoms with Crippen LogP contribution in [-0.4, -0.2) is 23.0 Å². The van der Waals surface area contributed by atoms with Gasteiger partial charge < -0.3 is 9.15 Å². The summed E-state index contributed by atoms with van der Waals surface area (Å²) in [4.78, 5) is 19.0. The van der Waals surface area contributed by atoms with E-state index in [-0.39, 0.29) is 11.0 Å². The van der Waals surface area contributed by atoms with Crippen molar-refractivity contribution >= 4 is 17.6 Å². The molecule has 0 fully saturated rings. The molecule has 0 radical (unpaired) electrons. The second-order valence-corrected chi connectivity index (χ2v) is 3.21. The smallest absolute Gasteiger partial charge is 0.356 e. The van der Waals surface area contributed by atoms with E-state index >= 15 is 0 Å². The second-order valence-electron chi connectivity index (χ2n) is 2.88. The topological polar surface area (TPSA) is 65.2 Å². The van der Waals surface area contributed by atoms with Gasteiger partial charge in [-0.15, -0.1) is 0 Å².